The number of unbranched alkanes of at least 4 members (excludes halogenated alkanes) is 3. The van der Waals surface area contributed by atoms with Crippen LogP contribution in [0.2, 0.25) is 0 Å². The van der Waals surface area contributed by atoms with Gasteiger partial charge in [-0.2, -0.15) is 0 Å². The number of aliphatic hydroxyl groups is 1. The smallest absolute Gasteiger partial charge is 0.303 e. The number of rotatable bonds is 12. The van der Waals surface area contributed by atoms with Crippen LogP contribution in [-0.4, -0.2) is 34.5 Å². The predicted octanol–water partition coefficient (Wildman–Crippen LogP) is 4.87. The van der Waals surface area contributed by atoms with Crippen LogP contribution in [-0.2, 0) is 9.53 Å². The molecule has 0 aromatic carbocycles. The first-order valence-electron chi connectivity index (χ1n) is 10.5. The normalized spacial score (nSPS) is 29.6. The van der Waals surface area contributed by atoms with E-state index in [0.29, 0.717) is 30.5 Å². The van der Waals surface area contributed by atoms with Crippen molar-refractivity contribution in [3.63, 3.8) is 0 Å². The highest BCUT2D eigenvalue weighted by atomic mass is 16.5. The van der Waals surface area contributed by atoms with E-state index >= 15 is 0 Å². The summed E-state index contributed by atoms with van der Waals surface area (Å²) in [6.45, 7) is 2.18. The minimum absolute atomic E-state index is 0.239. The lowest BCUT2D eigenvalue weighted by molar-refractivity contribution is -0.137. The lowest BCUT2D eigenvalue weighted by atomic mass is 9.81. The number of fused-ring (bicyclic) bond motifs is 2. The molecule has 2 heterocycles. The first-order valence-corrected chi connectivity index (χ1v) is 10.5. The highest BCUT2D eigenvalue weighted by molar-refractivity contribution is 5.66. The van der Waals surface area contributed by atoms with Crippen molar-refractivity contribution in [1.29, 1.82) is 0 Å². The van der Waals surface area contributed by atoms with Gasteiger partial charge in [-0.15, -0.1) is 0 Å². The van der Waals surface area contributed by atoms with E-state index in [-0.39, 0.29) is 12.5 Å². The van der Waals surface area contributed by atoms with Crippen molar-refractivity contribution >= 4 is 5.97 Å². The van der Waals surface area contributed by atoms with Crippen LogP contribution in [0.5, 0.6) is 0 Å². The first-order chi connectivity index (χ1) is 12.6. The number of allylic oxidation sites excluding steroid dienone is 3. The van der Waals surface area contributed by atoms with Crippen LogP contribution in [0, 0.1) is 11.8 Å². The molecule has 4 heteroatoms. The minimum Gasteiger partial charge on any atom is -0.481 e. The Morgan fingerprint density at radius 2 is 2.08 bits per heavy atom. The highest BCUT2D eigenvalue weighted by Gasteiger charge is 2.41. The highest BCUT2D eigenvalue weighted by Crippen LogP contribution is 2.42. The fourth-order valence-electron chi connectivity index (χ4n) is 4.24. The summed E-state index contributed by atoms with van der Waals surface area (Å²) in [6.07, 6.45) is 19.4. The van der Waals surface area contributed by atoms with Gasteiger partial charge in [0, 0.05) is 6.42 Å². The molecule has 2 unspecified atom stereocenters. The summed E-state index contributed by atoms with van der Waals surface area (Å²) in [5.41, 5.74) is 0. The maximum Gasteiger partial charge on any atom is 0.303 e. The summed E-state index contributed by atoms with van der Waals surface area (Å²) in [5.74, 6) is 0.230. The van der Waals surface area contributed by atoms with E-state index in [1.54, 1.807) is 0 Å². The van der Waals surface area contributed by atoms with Crippen LogP contribution in [0.3, 0.4) is 0 Å². The van der Waals surface area contributed by atoms with E-state index in [1.165, 1.54) is 12.8 Å². The van der Waals surface area contributed by atoms with E-state index < -0.39 is 5.97 Å². The van der Waals surface area contributed by atoms with Gasteiger partial charge in [0.05, 0.1) is 18.3 Å². The van der Waals surface area contributed by atoms with Gasteiger partial charge >= 0.3 is 5.97 Å². The quantitative estimate of drug-likeness (QED) is 0.383. The molecule has 5 atom stereocenters. The van der Waals surface area contributed by atoms with Crippen LogP contribution in [0.25, 0.3) is 0 Å². The largest absolute Gasteiger partial charge is 0.481 e. The molecule has 2 N–H and O–H groups in total. The Bertz CT molecular complexity index is 471. The van der Waals surface area contributed by atoms with Crippen LogP contribution in [0.1, 0.15) is 77.6 Å². The van der Waals surface area contributed by atoms with Crippen molar-refractivity contribution in [2.45, 2.75) is 95.9 Å². The van der Waals surface area contributed by atoms with Crippen LogP contribution < -0.4 is 0 Å². The zero-order valence-electron chi connectivity index (χ0n) is 16.2. The maximum atomic E-state index is 10.5. The van der Waals surface area contributed by atoms with Crippen LogP contribution in [0.4, 0.5) is 0 Å². The van der Waals surface area contributed by atoms with Gasteiger partial charge < -0.3 is 14.9 Å². The molecule has 2 aliphatic rings. The van der Waals surface area contributed by atoms with Gasteiger partial charge in [-0.3, -0.25) is 4.79 Å². The Morgan fingerprint density at radius 3 is 2.85 bits per heavy atom. The second-order valence-corrected chi connectivity index (χ2v) is 7.88. The Balaban J connectivity index is 1.82. The van der Waals surface area contributed by atoms with Crippen molar-refractivity contribution in [2.24, 2.45) is 11.8 Å². The number of ether oxygens (including phenoxy) is 1. The van der Waals surface area contributed by atoms with Gasteiger partial charge in [-0.05, 0) is 56.8 Å². The van der Waals surface area contributed by atoms with Crippen LogP contribution in [0.15, 0.2) is 24.3 Å². The summed E-state index contributed by atoms with van der Waals surface area (Å²) in [5, 5.41) is 18.9. The summed E-state index contributed by atoms with van der Waals surface area (Å²) in [7, 11) is 0. The predicted molar refractivity (Wildman–Crippen MR) is 104 cm³/mol. The number of carbonyl (C=O) groups is 1. The van der Waals surface area contributed by atoms with Gasteiger partial charge in [-0.25, -0.2) is 0 Å². The second kappa shape index (κ2) is 11.6. The summed E-state index contributed by atoms with van der Waals surface area (Å²) < 4.78 is 6.13. The molecule has 2 bridgehead atoms. The molecule has 2 fully saturated rings. The summed E-state index contributed by atoms with van der Waals surface area (Å²) in [6, 6.07) is 0. The van der Waals surface area contributed by atoms with E-state index in [9.17, 15) is 9.90 Å². The fourth-order valence-corrected chi connectivity index (χ4v) is 4.24. The zero-order valence-corrected chi connectivity index (χ0v) is 16.2. The number of hydrogen-bond acceptors (Lipinski definition) is 3. The van der Waals surface area contributed by atoms with Crippen molar-refractivity contribution in [3.8, 4) is 0 Å². The number of carboxylic acid groups (broad SMARTS) is 1. The number of aliphatic hydroxyl groups excluding tert-OH is 1. The molecular formula is C22H36O4. The maximum absolute atomic E-state index is 10.5. The molecule has 2 saturated heterocycles. The molecule has 2 aliphatic heterocycles. The fraction of sp³-hybridized carbons (Fsp3) is 0.773. The third kappa shape index (κ3) is 7.24. The topological polar surface area (TPSA) is 66.8 Å². The first kappa shape index (κ1) is 21.2. The molecule has 2 rings (SSSR count). The molecule has 0 aromatic heterocycles. The molecule has 0 spiro atoms. The van der Waals surface area contributed by atoms with Crippen molar-refractivity contribution in [3.05, 3.63) is 24.3 Å². The minimum atomic E-state index is -0.723. The number of carboxylic acids is 1. The van der Waals surface area contributed by atoms with E-state index in [4.69, 9.17) is 9.84 Å². The third-order valence-electron chi connectivity index (χ3n) is 5.72. The SMILES string of the molecule is CCCCCC(O)/C=C/C1C[C@H]2CC[C@H](O2)[C@@H]1C/C=C\CCCC(=O)O. The van der Waals surface area contributed by atoms with E-state index in [1.807, 2.05) is 6.08 Å². The van der Waals surface area contributed by atoms with E-state index in [2.05, 4.69) is 25.2 Å². The van der Waals surface area contributed by atoms with Crippen LogP contribution >= 0.6 is 0 Å². The number of hydrogen-bond donors (Lipinski definition) is 2. The van der Waals surface area contributed by atoms with Crippen molar-refractivity contribution in [1.82, 2.24) is 0 Å². The lowest BCUT2D eigenvalue weighted by Crippen LogP contribution is -2.34. The zero-order chi connectivity index (χ0) is 18.8. The molecule has 0 radical (unpaired) electrons. The van der Waals surface area contributed by atoms with Gasteiger partial charge in [0.15, 0.2) is 0 Å². The molecular weight excluding hydrogens is 328 g/mol. The monoisotopic (exact) mass is 364 g/mol. The lowest BCUT2D eigenvalue weighted by Gasteiger charge is -2.35. The average molecular weight is 365 g/mol. The van der Waals surface area contributed by atoms with Crippen molar-refractivity contribution < 1.29 is 19.7 Å². The summed E-state index contributed by atoms with van der Waals surface area (Å²) >= 11 is 0. The van der Waals surface area contributed by atoms with Gasteiger partial charge in [0.1, 0.15) is 0 Å². The molecule has 0 saturated carbocycles. The average Bonchev–Trinajstić information content (AvgIpc) is 3.00. The summed E-state index contributed by atoms with van der Waals surface area (Å²) in [4.78, 5) is 10.5. The van der Waals surface area contributed by atoms with Gasteiger partial charge in [0.25, 0.3) is 0 Å². The van der Waals surface area contributed by atoms with E-state index in [0.717, 1.165) is 44.9 Å². The molecule has 0 aromatic rings. The Labute approximate surface area is 158 Å². The molecule has 26 heavy (non-hydrogen) atoms. The van der Waals surface area contributed by atoms with Gasteiger partial charge in [-0.1, -0.05) is 50.5 Å². The van der Waals surface area contributed by atoms with Gasteiger partial charge in [0.2, 0.25) is 0 Å². The van der Waals surface area contributed by atoms with Crippen molar-refractivity contribution in [2.75, 3.05) is 0 Å². The molecule has 0 amide bonds. The Hall–Kier alpha value is -1.13. The number of aliphatic carboxylic acids is 1. The second-order valence-electron chi connectivity index (χ2n) is 7.88. The Morgan fingerprint density at radius 1 is 1.23 bits per heavy atom. The third-order valence-corrected chi connectivity index (χ3v) is 5.72. The Kier molecular flexibility index (Phi) is 9.41. The standard InChI is InChI=1S/C22H36O4/c1-2-3-6-9-18(23)13-12-17-16-19-14-15-21(26-19)20(17)10-7-4-5-8-11-22(24)25/h4,7,12-13,17-21,23H,2-3,5-6,8-11,14-16H2,1H3,(H,24,25)/b7-4-,13-12+/t17?,18?,19-,20-,21+/m1/s1. The molecule has 4 nitrogen and oxygen atoms in total. The molecule has 0 aliphatic carbocycles. The molecule has 148 valence electrons.